The largest absolute Gasteiger partial charge is 0.309 e. The van der Waals surface area contributed by atoms with Gasteiger partial charge in [-0.25, -0.2) is 8.42 Å². The Hall–Kier alpha value is -0.950. The van der Waals surface area contributed by atoms with E-state index in [-0.39, 0.29) is 0 Å². The molecule has 0 bridgehead atoms. The van der Waals surface area contributed by atoms with Gasteiger partial charge >= 0.3 is 0 Å². The van der Waals surface area contributed by atoms with Crippen LogP contribution in [0.1, 0.15) is 24.0 Å². The molecule has 5 nitrogen and oxygen atoms in total. The molecular weight excluding hydrogens is 286 g/mol. The number of benzene rings is 1. The van der Waals surface area contributed by atoms with Gasteiger partial charge < -0.3 is 10.2 Å². The lowest BCUT2D eigenvalue weighted by atomic mass is 10.1. The zero-order valence-corrected chi connectivity index (χ0v) is 13.5. The van der Waals surface area contributed by atoms with Crippen molar-refractivity contribution in [3.63, 3.8) is 0 Å². The van der Waals surface area contributed by atoms with Crippen LogP contribution in [0.25, 0.3) is 0 Å². The highest BCUT2D eigenvalue weighted by atomic mass is 32.2. The van der Waals surface area contributed by atoms with E-state index >= 15 is 0 Å². The minimum absolute atomic E-state index is 0.438. The third kappa shape index (κ3) is 2.85. The number of fused-ring (bicyclic) bond motifs is 1. The standard InChI is InChI=1S/C15H23N3O2S/c1-17(2)14-5-7-18(8-6-14)21(19,20)15-4-3-12-10-16-11-13(12)9-15/h3-4,9,14,16H,5-8,10-11H2,1-2H3. The molecule has 1 aromatic carbocycles. The van der Waals surface area contributed by atoms with Crippen LogP contribution in [-0.4, -0.2) is 50.8 Å². The first-order chi connectivity index (χ1) is 9.98. The predicted molar refractivity (Wildman–Crippen MR) is 82.5 cm³/mol. The number of nitrogens with one attached hydrogen (secondary N) is 1. The van der Waals surface area contributed by atoms with Crippen molar-refractivity contribution in [3.05, 3.63) is 29.3 Å². The molecule has 2 heterocycles. The molecule has 6 heteroatoms. The van der Waals surface area contributed by atoms with Crippen LogP contribution < -0.4 is 5.32 Å². The van der Waals surface area contributed by atoms with E-state index in [0.717, 1.165) is 31.5 Å². The minimum atomic E-state index is -3.35. The number of hydrogen-bond donors (Lipinski definition) is 1. The van der Waals surface area contributed by atoms with Gasteiger partial charge in [-0.2, -0.15) is 4.31 Å². The van der Waals surface area contributed by atoms with Crippen molar-refractivity contribution < 1.29 is 8.42 Å². The summed E-state index contributed by atoms with van der Waals surface area (Å²) in [6, 6.07) is 6.01. The first kappa shape index (κ1) is 15.0. The van der Waals surface area contributed by atoms with E-state index in [9.17, 15) is 8.42 Å². The van der Waals surface area contributed by atoms with Crippen LogP contribution in [0.15, 0.2) is 23.1 Å². The number of sulfonamides is 1. The Balaban J connectivity index is 1.78. The third-order valence-corrected chi connectivity index (χ3v) is 6.49. The SMILES string of the molecule is CN(C)C1CCN(S(=O)(=O)c2ccc3c(c2)CNC3)CC1. The highest BCUT2D eigenvalue weighted by Gasteiger charge is 2.30. The zero-order chi connectivity index (χ0) is 15.0. The van der Waals surface area contributed by atoms with Crippen LogP contribution in [0.4, 0.5) is 0 Å². The van der Waals surface area contributed by atoms with E-state index in [1.54, 1.807) is 10.4 Å². The van der Waals surface area contributed by atoms with Crippen LogP contribution >= 0.6 is 0 Å². The van der Waals surface area contributed by atoms with Crippen molar-refractivity contribution in [2.24, 2.45) is 0 Å². The predicted octanol–water partition coefficient (Wildman–Crippen LogP) is 1.00. The molecule has 1 aromatic rings. The summed E-state index contributed by atoms with van der Waals surface area (Å²) < 4.78 is 27.1. The van der Waals surface area contributed by atoms with Crippen LogP contribution in [-0.2, 0) is 23.1 Å². The number of rotatable bonds is 3. The lowest BCUT2D eigenvalue weighted by Gasteiger charge is -2.34. The molecule has 21 heavy (non-hydrogen) atoms. The number of hydrogen-bond acceptors (Lipinski definition) is 4. The van der Waals surface area contributed by atoms with E-state index in [4.69, 9.17) is 0 Å². The normalized spacial score (nSPS) is 20.9. The van der Waals surface area contributed by atoms with E-state index in [1.807, 2.05) is 12.1 Å². The summed E-state index contributed by atoms with van der Waals surface area (Å²) in [6.45, 7) is 2.83. The highest BCUT2D eigenvalue weighted by Crippen LogP contribution is 2.25. The first-order valence-electron chi connectivity index (χ1n) is 7.47. The summed E-state index contributed by atoms with van der Waals surface area (Å²) in [5, 5.41) is 3.25. The fourth-order valence-corrected chi connectivity index (χ4v) is 4.70. The molecule has 0 amide bonds. The summed E-state index contributed by atoms with van der Waals surface area (Å²) in [5.74, 6) is 0. The fourth-order valence-electron chi connectivity index (χ4n) is 3.18. The Morgan fingerprint density at radius 1 is 1.14 bits per heavy atom. The fraction of sp³-hybridized carbons (Fsp3) is 0.600. The van der Waals surface area contributed by atoms with Gasteiger partial charge in [0.15, 0.2) is 0 Å². The van der Waals surface area contributed by atoms with Crippen molar-refractivity contribution in [3.8, 4) is 0 Å². The Morgan fingerprint density at radius 3 is 2.48 bits per heavy atom. The molecule has 0 spiro atoms. The van der Waals surface area contributed by atoms with Gasteiger partial charge in [-0.1, -0.05) is 6.07 Å². The van der Waals surface area contributed by atoms with Gasteiger partial charge in [0, 0.05) is 32.2 Å². The minimum Gasteiger partial charge on any atom is -0.309 e. The maximum absolute atomic E-state index is 12.8. The van der Waals surface area contributed by atoms with E-state index < -0.39 is 10.0 Å². The molecule has 0 atom stereocenters. The lowest BCUT2D eigenvalue weighted by Crippen LogP contribution is -2.44. The maximum atomic E-state index is 12.8. The molecule has 116 valence electrons. The summed E-state index contributed by atoms with van der Waals surface area (Å²) in [5.41, 5.74) is 2.32. The van der Waals surface area contributed by atoms with Crippen LogP contribution in [0, 0.1) is 0 Å². The first-order valence-corrected chi connectivity index (χ1v) is 8.91. The van der Waals surface area contributed by atoms with Crippen LogP contribution in [0.2, 0.25) is 0 Å². The zero-order valence-electron chi connectivity index (χ0n) is 12.7. The lowest BCUT2D eigenvalue weighted by molar-refractivity contribution is 0.196. The molecule has 0 unspecified atom stereocenters. The Morgan fingerprint density at radius 2 is 1.81 bits per heavy atom. The molecule has 1 fully saturated rings. The second-order valence-electron chi connectivity index (χ2n) is 6.13. The molecule has 3 rings (SSSR count). The van der Waals surface area contributed by atoms with Gasteiger partial charge in [0.1, 0.15) is 0 Å². The summed E-state index contributed by atoms with van der Waals surface area (Å²) >= 11 is 0. The third-order valence-electron chi connectivity index (χ3n) is 4.60. The average Bonchev–Trinajstić information content (AvgIpc) is 2.94. The summed E-state index contributed by atoms with van der Waals surface area (Å²) in [4.78, 5) is 2.62. The summed E-state index contributed by atoms with van der Waals surface area (Å²) in [7, 11) is 0.770. The van der Waals surface area contributed by atoms with E-state index in [0.29, 0.717) is 24.0 Å². The summed E-state index contributed by atoms with van der Waals surface area (Å²) in [6.07, 6.45) is 1.80. The van der Waals surface area contributed by atoms with Gasteiger partial charge in [-0.3, -0.25) is 0 Å². The molecule has 1 N–H and O–H groups in total. The van der Waals surface area contributed by atoms with Gasteiger partial charge in [0.05, 0.1) is 4.90 Å². The van der Waals surface area contributed by atoms with Crippen molar-refractivity contribution in [2.75, 3.05) is 27.2 Å². The molecular formula is C15H23N3O2S. The van der Waals surface area contributed by atoms with Gasteiger partial charge in [0.2, 0.25) is 10.0 Å². The second-order valence-corrected chi connectivity index (χ2v) is 8.07. The molecule has 0 radical (unpaired) electrons. The van der Waals surface area contributed by atoms with Crippen molar-refractivity contribution in [1.29, 1.82) is 0 Å². The molecule has 0 aliphatic carbocycles. The molecule has 1 saturated heterocycles. The Labute approximate surface area is 127 Å². The Kier molecular flexibility index (Phi) is 4.05. The van der Waals surface area contributed by atoms with Crippen LogP contribution in [0.5, 0.6) is 0 Å². The smallest absolute Gasteiger partial charge is 0.243 e. The molecule has 2 aliphatic heterocycles. The Bertz CT molecular complexity index is 620. The highest BCUT2D eigenvalue weighted by molar-refractivity contribution is 7.89. The van der Waals surface area contributed by atoms with Gasteiger partial charge in [0.25, 0.3) is 0 Å². The maximum Gasteiger partial charge on any atom is 0.243 e. The quantitative estimate of drug-likeness (QED) is 0.905. The van der Waals surface area contributed by atoms with Crippen LogP contribution in [0.3, 0.4) is 0 Å². The monoisotopic (exact) mass is 309 g/mol. The van der Waals surface area contributed by atoms with Gasteiger partial charge in [-0.15, -0.1) is 0 Å². The number of piperidine rings is 1. The second kappa shape index (κ2) is 5.68. The molecule has 2 aliphatic rings. The van der Waals surface area contributed by atoms with Crippen molar-refractivity contribution in [2.45, 2.75) is 36.9 Å². The van der Waals surface area contributed by atoms with Gasteiger partial charge in [-0.05, 0) is 50.2 Å². The number of nitrogens with zero attached hydrogens (tertiary/aromatic N) is 2. The van der Waals surface area contributed by atoms with E-state index in [1.165, 1.54) is 5.56 Å². The topological polar surface area (TPSA) is 52.7 Å². The van der Waals surface area contributed by atoms with Crippen molar-refractivity contribution in [1.82, 2.24) is 14.5 Å². The van der Waals surface area contributed by atoms with E-state index in [2.05, 4.69) is 24.3 Å². The molecule has 0 saturated carbocycles. The molecule has 0 aromatic heterocycles. The average molecular weight is 309 g/mol. The van der Waals surface area contributed by atoms with Crippen molar-refractivity contribution >= 4 is 10.0 Å².